The van der Waals surface area contributed by atoms with Gasteiger partial charge >= 0.3 is 18.2 Å². The van der Waals surface area contributed by atoms with E-state index in [4.69, 9.17) is 19.3 Å². The topological polar surface area (TPSA) is 134 Å². The average molecular weight is 760 g/mol. The molecule has 0 radical (unpaired) electrons. The van der Waals surface area contributed by atoms with Gasteiger partial charge in [0.05, 0.1) is 12.2 Å². The number of hydrogen-bond donors (Lipinski definition) is 2. The summed E-state index contributed by atoms with van der Waals surface area (Å²) in [6, 6.07) is 9.61. The third kappa shape index (κ3) is 9.74. The third-order valence-electron chi connectivity index (χ3n) is 13.0. The minimum absolute atomic E-state index is 0.0966. The second-order valence-electron chi connectivity index (χ2n) is 19.2. The van der Waals surface area contributed by atoms with Gasteiger partial charge < -0.3 is 24.8 Å². The number of alkyl carbamates (subject to hydrolysis) is 2. The van der Waals surface area contributed by atoms with E-state index < -0.39 is 35.4 Å². The molecule has 11 nitrogen and oxygen atoms in total. The number of carbonyl (C=O) groups excluding carboxylic acids is 3. The number of hydrogen-bond acceptors (Lipinski definition) is 8. The zero-order chi connectivity index (χ0) is 39.6. The Morgan fingerprint density at radius 3 is 2.36 bits per heavy atom. The number of nitrogens with zero attached hydrogens (tertiary/aromatic N) is 3. The van der Waals surface area contributed by atoms with Crippen LogP contribution >= 0.6 is 0 Å². The first-order valence-electron chi connectivity index (χ1n) is 20.7. The molecule has 2 N–H and O–H groups in total. The maximum atomic E-state index is 13.7. The van der Waals surface area contributed by atoms with Crippen LogP contribution in [0.4, 0.5) is 9.59 Å². The third-order valence-corrected chi connectivity index (χ3v) is 13.0. The van der Waals surface area contributed by atoms with E-state index in [0.717, 1.165) is 37.9 Å². The summed E-state index contributed by atoms with van der Waals surface area (Å²) in [5.41, 5.74) is 2.85. The Morgan fingerprint density at radius 1 is 0.909 bits per heavy atom. The van der Waals surface area contributed by atoms with E-state index in [9.17, 15) is 14.4 Å². The molecule has 2 amide bonds. The van der Waals surface area contributed by atoms with Gasteiger partial charge in [-0.2, -0.15) is 0 Å². The fourth-order valence-electron chi connectivity index (χ4n) is 10.5. The fraction of sp³-hybridized carbons (Fsp3) is 0.705. The van der Waals surface area contributed by atoms with Crippen molar-refractivity contribution in [2.24, 2.45) is 28.6 Å². The number of fused-ring (bicyclic) bond motifs is 5. The predicted molar refractivity (Wildman–Crippen MR) is 211 cm³/mol. The first kappa shape index (κ1) is 40.8. The SMILES string of the molecule is CC(C)(C)OC(=O)NCCCC[C@H](NC(=O)OC(C)(C)C)C(=O)O[C@H]1CC[C@@]2(C)C(=CCC3C2CC[C@@]2(C)C3CC[C@@H]2c2cn(Cc3ccccc3)nn2)C1. The highest BCUT2D eigenvalue weighted by atomic mass is 16.6. The smallest absolute Gasteiger partial charge is 0.408 e. The summed E-state index contributed by atoms with van der Waals surface area (Å²) >= 11 is 0. The van der Waals surface area contributed by atoms with Crippen molar-refractivity contribution in [1.82, 2.24) is 25.6 Å². The van der Waals surface area contributed by atoms with Crippen LogP contribution in [0.1, 0.15) is 143 Å². The summed E-state index contributed by atoms with van der Waals surface area (Å²) in [4.78, 5) is 38.5. The van der Waals surface area contributed by atoms with E-state index in [2.05, 4.69) is 66.2 Å². The van der Waals surface area contributed by atoms with Gasteiger partial charge in [-0.3, -0.25) is 0 Å². The molecule has 3 fully saturated rings. The molecule has 0 bridgehead atoms. The van der Waals surface area contributed by atoms with E-state index in [1.165, 1.54) is 36.8 Å². The molecule has 0 aliphatic heterocycles. The van der Waals surface area contributed by atoms with E-state index in [1.807, 2.05) is 31.5 Å². The van der Waals surface area contributed by atoms with Gasteiger partial charge in [0, 0.05) is 25.1 Å². The van der Waals surface area contributed by atoms with Crippen molar-refractivity contribution < 1.29 is 28.6 Å². The van der Waals surface area contributed by atoms with Gasteiger partial charge in [0.25, 0.3) is 0 Å². The number of rotatable bonds is 11. The highest BCUT2D eigenvalue weighted by Crippen LogP contribution is 2.68. The Kier molecular flexibility index (Phi) is 12.1. The minimum Gasteiger partial charge on any atom is -0.461 e. The Bertz CT molecular complexity index is 1690. The van der Waals surface area contributed by atoms with Crippen LogP contribution in [-0.2, 0) is 25.5 Å². The van der Waals surface area contributed by atoms with Crippen molar-refractivity contribution in [2.75, 3.05) is 6.54 Å². The van der Waals surface area contributed by atoms with Gasteiger partial charge in [0.1, 0.15) is 23.3 Å². The normalized spacial score (nSPS) is 29.5. The average Bonchev–Trinajstić information content (AvgIpc) is 3.70. The van der Waals surface area contributed by atoms with E-state index >= 15 is 0 Å². The largest absolute Gasteiger partial charge is 0.461 e. The summed E-state index contributed by atoms with van der Waals surface area (Å²) in [5.74, 6) is 1.91. The molecule has 3 saturated carbocycles. The fourth-order valence-corrected chi connectivity index (χ4v) is 10.5. The minimum atomic E-state index is -0.847. The molecule has 302 valence electrons. The second kappa shape index (κ2) is 16.3. The molecule has 1 heterocycles. The van der Waals surface area contributed by atoms with Crippen LogP contribution in [0.15, 0.2) is 48.2 Å². The molecule has 0 spiro atoms. The maximum absolute atomic E-state index is 13.7. The highest BCUT2D eigenvalue weighted by molar-refractivity contribution is 5.81. The van der Waals surface area contributed by atoms with Crippen LogP contribution in [0.5, 0.6) is 0 Å². The molecule has 6 rings (SSSR count). The van der Waals surface area contributed by atoms with Gasteiger partial charge in [-0.25, -0.2) is 19.1 Å². The Morgan fingerprint density at radius 2 is 1.64 bits per heavy atom. The molecule has 3 unspecified atom stereocenters. The molecule has 11 heteroatoms. The summed E-state index contributed by atoms with van der Waals surface area (Å²) in [7, 11) is 0. The summed E-state index contributed by atoms with van der Waals surface area (Å²) in [6.45, 7) is 17.0. The Labute approximate surface area is 328 Å². The maximum Gasteiger partial charge on any atom is 0.408 e. The van der Waals surface area contributed by atoms with E-state index in [0.29, 0.717) is 49.5 Å². The van der Waals surface area contributed by atoms with Crippen molar-refractivity contribution in [1.29, 1.82) is 0 Å². The van der Waals surface area contributed by atoms with Crippen LogP contribution in [0, 0.1) is 28.6 Å². The van der Waals surface area contributed by atoms with Crippen LogP contribution in [0.2, 0.25) is 0 Å². The number of ether oxygens (including phenoxy) is 3. The molecule has 1 aromatic heterocycles. The van der Waals surface area contributed by atoms with Crippen molar-refractivity contribution in [3.05, 3.63) is 59.4 Å². The van der Waals surface area contributed by atoms with Gasteiger partial charge in [0.15, 0.2) is 0 Å². The van der Waals surface area contributed by atoms with Crippen molar-refractivity contribution in [3.63, 3.8) is 0 Å². The van der Waals surface area contributed by atoms with Crippen LogP contribution in [0.25, 0.3) is 0 Å². The first-order chi connectivity index (χ1) is 25.9. The standard InChI is InChI=1S/C44H65N5O6/c1-41(2,3)54-39(51)45-25-13-12-16-36(46-40(52)55-42(4,5)6)38(50)53-31-21-23-43(7)30(26-31)17-18-32-33-19-20-35(44(33,8)24-22-34(32)43)37-28-49(48-47-37)27-29-14-10-9-11-15-29/h9-11,14-15,17,28,31-36H,12-13,16,18-27H2,1-8H3,(H,45,51)(H,46,52)/t31-,32?,33?,34?,35+,36-,43-,44-/m0/s1. The van der Waals surface area contributed by atoms with E-state index in [1.54, 1.807) is 20.8 Å². The zero-order valence-electron chi connectivity index (χ0n) is 34.5. The van der Waals surface area contributed by atoms with Crippen molar-refractivity contribution >= 4 is 18.2 Å². The molecule has 8 atom stereocenters. The number of esters is 1. The number of unbranched alkanes of at least 4 members (excludes halogenated alkanes) is 1. The van der Waals surface area contributed by atoms with Crippen LogP contribution < -0.4 is 10.6 Å². The molecule has 2 aromatic rings. The zero-order valence-corrected chi connectivity index (χ0v) is 34.5. The van der Waals surface area contributed by atoms with Gasteiger partial charge in [-0.15, -0.1) is 5.10 Å². The number of nitrogens with one attached hydrogen (secondary N) is 2. The van der Waals surface area contributed by atoms with Crippen LogP contribution in [0.3, 0.4) is 0 Å². The lowest BCUT2D eigenvalue weighted by Crippen LogP contribution is -2.51. The lowest BCUT2D eigenvalue weighted by molar-refractivity contribution is -0.154. The Hall–Kier alpha value is -3.89. The van der Waals surface area contributed by atoms with E-state index in [-0.39, 0.29) is 16.9 Å². The second-order valence-corrected chi connectivity index (χ2v) is 19.2. The molecule has 4 aliphatic rings. The molecular formula is C44H65N5O6. The highest BCUT2D eigenvalue weighted by Gasteiger charge is 2.59. The lowest BCUT2D eigenvalue weighted by atomic mass is 9.47. The van der Waals surface area contributed by atoms with Gasteiger partial charge in [-0.05, 0) is 140 Å². The molecule has 1 aromatic carbocycles. The quantitative estimate of drug-likeness (QED) is 0.101. The number of allylic oxidation sites excluding steroid dienone is 1. The van der Waals surface area contributed by atoms with Gasteiger partial charge in [-0.1, -0.05) is 61.0 Å². The van der Waals surface area contributed by atoms with Crippen molar-refractivity contribution in [2.45, 2.75) is 162 Å². The lowest BCUT2D eigenvalue weighted by Gasteiger charge is -2.58. The first-order valence-corrected chi connectivity index (χ1v) is 20.7. The monoisotopic (exact) mass is 759 g/mol. The summed E-state index contributed by atoms with van der Waals surface area (Å²) < 4.78 is 19.0. The van der Waals surface area contributed by atoms with Crippen LogP contribution in [-0.4, -0.2) is 63.0 Å². The molecule has 0 saturated heterocycles. The molecule has 4 aliphatic carbocycles. The van der Waals surface area contributed by atoms with Gasteiger partial charge in [0.2, 0.25) is 0 Å². The Balaban J connectivity index is 1.06. The number of aromatic nitrogens is 3. The predicted octanol–water partition coefficient (Wildman–Crippen LogP) is 8.87. The summed E-state index contributed by atoms with van der Waals surface area (Å²) in [5, 5.41) is 14.8. The van der Waals surface area contributed by atoms with Crippen molar-refractivity contribution in [3.8, 4) is 0 Å². The molecular weight excluding hydrogens is 695 g/mol. The molecule has 55 heavy (non-hydrogen) atoms. The summed E-state index contributed by atoms with van der Waals surface area (Å²) in [6.07, 6.45) is 13.3. The number of carbonyl (C=O) groups is 3. The number of amides is 2. The number of benzene rings is 1.